The predicted octanol–water partition coefficient (Wildman–Crippen LogP) is 1.95. The van der Waals surface area contributed by atoms with Crippen LogP contribution in [0.5, 0.6) is 0 Å². The van der Waals surface area contributed by atoms with Crippen LogP contribution in [0.3, 0.4) is 0 Å². The van der Waals surface area contributed by atoms with Crippen molar-refractivity contribution in [2.45, 2.75) is 26.3 Å². The number of imidazole rings is 1. The molecule has 0 spiro atoms. The number of carbonyl (C=O) groups is 1. The fourth-order valence-electron chi connectivity index (χ4n) is 1.95. The van der Waals surface area contributed by atoms with E-state index in [1.54, 1.807) is 12.1 Å². The van der Waals surface area contributed by atoms with Gasteiger partial charge in [0.2, 0.25) is 5.91 Å². The van der Waals surface area contributed by atoms with E-state index in [0.29, 0.717) is 27.7 Å². The largest absolute Gasteiger partial charge is 0.323 e. The van der Waals surface area contributed by atoms with E-state index in [1.807, 2.05) is 20.8 Å². The maximum Gasteiger partial charge on any atom is 0.323 e. The number of aromatic nitrogens is 2. The van der Waals surface area contributed by atoms with Crippen LogP contribution in [0.4, 0.5) is 5.69 Å². The van der Waals surface area contributed by atoms with Crippen molar-refractivity contribution in [2.75, 3.05) is 11.9 Å². The molecule has 2 aromatic rings. The summed E-state index contributed by atoms with van der Waals surface area (Å²) in [6, 6.07) is 3.47. The van der Waals surface area contributed by atoms with E-state index in [1.165, 1.54) is 0 Å². The standard InChI is InChI=1S/C13H17BrN4O2/c1-4-15-13(2,3)11(19)16-8-6-10-9(5-7(8)14)17-12(20)18-10/h5-6,15H,4H2,1-3H3,(H,16,19)(H2,17,18,20). The molecule has 1 heterocycles. The van der Waals surface area contributed by atoms with Crippen molar-refractivity contribution in [3.05, 3.63) is 27.1 Å². The van der Waals surface area contributed by atoms with E-state index in [-0.39, 0.29) is 11.6 Å². The van der Waals surface area contributed by atoms with Crippen LogP contribution in [0.15, 0.2) is 21.4 Å². The minimum absolute atomic E-state index is 0.141. The average molecular weight is 341 g/mol. The highest BCUT2D eigenvalue weighted by Crippen LogP contribution is 2.27. The quantitative estimate of drug-likeness (QED) is 0.685. The number of halogens is 1. The lowest BCUT2D eigenvalue weighted by molar-refractivity contribution is -0.121. The lowest BCUT2D eigenvalue weighted by atomic mass is 10.0. The van der Waals surface area contributed by atoms with Gasteiger partial charge in [-0.15, -0.1) is 0 Å². The number of fused-ring (bicyclic) bond motifs is 1. The van der Waals surface area contributed by atoms with Crippen molar-refractivity contribution in [1.29, 1.82) is 0 Å². The topological polar surface area (TPSA) is 89.8 Å². The number of aromatic amines is 2. The van der Waals surface area contributed by atoms with Crippen molar-refractivity contribution >= 4 is 38.6 Å². The van der Waals surface area contributed by atoms with Crippen molar-refractivity contribution in [3.63, 3.8) is 0 Å². The van der Waals surface area contributed by atoms with Gasteiger partial charge in [0.05, 0.1) is 22.3 Å². The van der Waals surface area contributed by atoms with Gasteiger partial charge in [0.15, 0.2) is 0 Å². The van der Waals surface area contributed by atoms with Crippen molar-refractivity contribution in [1.82, 2.24) is 15.3 Å². The Balaban J connectivity index is 2.31. The summed E-state index contributed by atoms with van der Waals surface area (Å²) >= 11 is 3.39. The second kappa shape index (κ2) is 5.41. The Bertz CT molecular complexity index is 702. The Morgan fingerprint density at radius 1 is 1.30 bits per heavy atom. The number of amides is 1. The summed E-state index contributed by atoms with van der Waals surface area (Å²) in [6.45, 7) is 6.28. The molecule has 0 bridgehead atoms. The molecule has 0 unspecified atom stereocenters. The first-order valence-electron chi connectivity index (χ1n) is 6.31. The number of H-pyrrole nitrogens is 2. The number of hydrogen-bond acceptors (Lipinski definition) is 3. The monoisotopic (exact) mass is 340 g/mol. The van der Waals surface area contributed by atoms with Crippen LogP contribution in [-0.4, -0.2) is 28.0 Å². The van der Waals surface area contributed by atoms with Crippen LogP contribution in [-0.2, 0) is 4.79 Å². The third-order valence-electron chi connectivity index (χ3n) is 3.04. The highest BCUT2D eigenvalue weighted by molar-refractivity contribution is 9.10. The molecule has 20 heavy (non-hydrogen) atoms. The van der Waals surface area contributed by atoms with Crippen LogP contribution in [0.1, 0.15) is 20.8 Å². The van der Waals surface area contributed by atoms with Gasteiger partial charge in [0.25, 0.3) is 0 Å². The second-order valence-electron chi connectivity index (χ2n) is 5.07. The lowest BCUT2D eigenvalue weighted by Crippen LogP contribution is -2.49. The van der Waals surface area contributed by atoms with E-state index >= 15 is 0 Å². The summed E-state index contributed by atoms with van der Waals surface area (Å²) in [5.41, 5.74) is 1.00. The van der Waals surface area contributed by atoms with Crippen LogP contribution < -0.4 is 16.3 Å². The highest BCUT2D eigenvalue weighted by atomic mass is 79.9. The molecular weight excluding hydrogens is 324 g/mol. The van der Waals surface area contributed by atoms with Gasteiger partial charge in [-0.25, -0.2) is 4.79 Å². The molecule has 0 saturated heterocycles. The number of nitrogens with one attached hydrogen (secondary N) is 4. The molecule has 7 heteroatoms. The van der Waals surface area contributed by atoms with Crippen molar-refractivity contribution < 1.29 is 4.79 Å². The van der Waals surface area contributed by atoms with E-state index in [0.717, 1.165) is 0 Å². The summed E-state index contributed by atoms with van der Waals surface area (Å²) in [6.07, 6.45) is 0. The predicted molar refractivity (Wildman–Crippen MR) is 83.0 cm³/mol. The minimum Gasteiger partial charge on any atom is -0.323 e. The molecule has 0 aliphatic rings. The molecule has 0 aliphatic carbocycles. The number of carbonyl (C=O) groups excluding carboxylic acids is 1. The Labute approximate surface area is 124 Å². The van der Waals surface area contributed by atoms with Gasteiger partial charge < -0.3 is 20.6 Å². The molecule has 0 atom stereocenters. The number of benzene rings is 1. The smallest absolute Gasteiger partial charge is 0.323 e. The zero-order valence-electron chi connectivity index (χ0n) is 11.6. The summed E-state index contributed by atoms with van der Waals surface area (Å²) in [5.74, 6) is -0.141. The molecule has 4 N–H and O–H groups in total. The Morgan fingerprint density at radius 3 is 2.50 bits per heavy atom. The minimum atomic E-state index is -0.672. The first-order valence-corrected chi connectivity index (χ1v) is 7.11. The van der Waals surface area contributed by atoms with Crippen molar-refractivity contribution in [2.24, 2.45) is 0 Å². The molecule has 6 nitrogen and oxygen atoms in total. The van der Waals surface area contributed by atoms with E-state index < -0.39 is 5.54 Å². The second-order valence-corrected chi connectivity index (χ2v) is 5.92. The summed E-state index contributed by atoms with van der Waals surface area (Å²) in [5, 5.41) is 5.96. The van der Waals surface area contributed by atoms with E-state index in [4.69, 9.17) is 0 Å². The molecule has 108 valence electrons. The summed E-state index contributed by atoms with van der Waals surface area (Å²) in [4.78, 5) is 28.8. The lowest BCUT2D eigenvalue weighted by Gasteiger charge is -2.24. The summed E-state index contributed by atoms with van der Waals surface area (Å²) < 4.78 is 0.709. The van der Waals surface area contributed by atoms with Crippen LogP contribution in [0.2, 0.25) is 0 Å². The normalized spacial score (nSPS) is 11.8. The molecule has 0 saturated carbocycles. The first-order chi connectivity index (χ1) is 9.33. The van der Waals surface area contributed by atoms with Crippen molar-refractivity contribution in [3.8, 4) is 0 Å². The fraction of sp³-hybridized carbons (Fsp3) is 0.385. The molecule has 0 aliphatic heterocycles. The molecule has 0 fully saturated rings. The third-order valence-corrected chi connectivity index (χ3v) is 3.69. The highest BCUT2D eigenvalue weighted by Gasteiger charge is 2.26. The van der Waals surface area contributed by atoms with Gasteiger partial charge in [0.1, 0.15) is 0 Å². The zero-order chi connectivity index (χ0) is 14.9. The van der Waals surface area contributed by atoms with Gasteiger partial charge in [-0.05, 0) is 48.5 Å². The van der Waals surface area contributed by atoms with E-state index in [2.05, 4.69) is 36.5 Å². The van der Waals surface area contributed by atoms with Gasteiger partial charge in [-0.3, -0.25) is 4.79 Å². The van der Waals surface area contributed by atoms with Crippen LogP contribution >= 0.6 is 15.9 Å². The van der Waals surface area contributed by atoms with Crippen LogP contribution in [0, 0.1) is 0 Å². The van der Waals surface area contributed by atoms with Gasteiger partial charge >= 0.3 is 5.69 Å². The average Bonchev–Trinajstić information content (AvgIpc) is 2.68. The number of anilines is 1. The zero-order valence-corrected chi connectivity index (χ0v) is 13.1. The maximum atomic E-state index is 12.2. The molecule has 1 aromatic heterocycles. The Morgan fingerprint density at radius 2 is 1.90 bits per heavy atom. The SMILES string of the molecule is CCNC(C)(C)C(=O)Nc1cc2[nH]c(=O)[nH]c2cc1Br. The maximum absolute atomic E-state index is 12.2. The fourth-order valence-corrected chi connectivity index (χ4v) is 2.40. The summed E-state index contributed by atoms with van der Waals surface area (Å²) in [7, 11) is 0. The Hall–Kier alpha value is -1.60. The van der Waals surface area contributed by atoms with Gasteiger partial charge in [-0.2, -0.15) is 0 Å². The number of likely N-dealkylation sites (N-methyl/N-ethyl adjacent to an activating group) is 1. The number of hydrogen-bond donors (Lipinski definition) is 4. The third kappa shape index (κ3) is 2.94. The van der Waals surface area contributed by atoms with Crippen LogP contribution in [0.25, 0.3) is 11.0 Å². The Kier molecular flexibility index (Phi) is 4.01. The molecular formula is C13H17BrN4O2. The first kappa shape index (κ1) is 14.8. The molecule has 1 amide bonds. The van der Waals surface area contributed by atoms with Gasteiger partial charge in [0, 0.05) is 4.47 Å². The molecule has 1 aromatic carbocycles. The van der Waals surface area contributed by atoms with E-state index in [9.17, 15) is 9.59 Å². The van der Waals surface area contributed by atoms with Gasteiger partial charge in [-0.1, -0.05) is 6.92 Å². The molecule has 0 radical (unpaired) electrons. The molecule has 2 rings (SSSR count). The number of rotatable bonds is 4.